The molecule has 2 aliphatic rings. The van der Waals surface area contributed by atoms with E-state index in [9.17, 15) is 14.4 Å². The lowest BCUT2D eigenvalue weighted by Crippen LogP contribution is -2.54. The van der Waals surface area contributed by atoms with E-state index in [1.165, 1.54) is 5.56 Å². The molecule has 1 aliphatic heterocycles. The highest BCUT2D eigenvalue weighted by Crippen LogP contribution is 2.38. The molecule has 0 bridgehead atoms. The lowest BCUT2D eigenvalue weighted by atomic mass is 9.73. The smallest absolute Gasteiger partial charge is 0.325 e. The Kier molecular flexibility index (Phi) is 6.06. The quantitative estimate of drug-likeness (QED) is 0.765. The maximum Gasteiger partial charge on any atom is 0.325 e. The standard InChI is InChI=1S/C22H31N3O3/c1-4-13-24(14-18-10-8-16(2)9-11-18)19(26)15-25-20(27)22(23-21(25)28)12-6-5-7-17(22)3/h8-11,17H,4-7,12-15H2,1-3H3,(H,23,28)/t17-,22+/m1/s1. The van der Waals surface area contributed by atoms with E-state index in [-0.39, 0.29) is 24.3 Å². The molecule has 28 heavy (non-hydrogen) atoms. The normalized spacial score (nSPS) is 24.5. The molecule has 1 N–H and O–H groups in total. The fourth-order valence-electron chi connectivity index (χ4n) is 4.35. The molecule has 0 radical (unpaired) electrons. The first-order chi connectivity index (χ1) is 13.4. The zero-order valence-electron chi connectivity index (χ0n) is 17.2. The maximum atomic E-state index is 13.1. The van der Waals surface area contributed by atoms with Gasteiger partial charge in [0.1, 0.15) is 12.1 Å². The summed E-state index contributed by atoms with van der Waals surface area (Å²) in [5.74, 6) is -0.326. The van der Waals surface area contributed by atoms with Crippen LogP contribution in [0.1, 0.15) is 57.1 Å². The largest absolute Gasteiger partial charge is 0.337 e. The van der Waals surface area contributed by atoms with Crippen molar-refractivity contribution in [2.75, 3.05) is 13.1 Å². The summed E-state index contributed by atoms with van der Waals surface area (Å²) < 4.78 is 0. The van der Waals surface area contributed by atoms with Crippen LogP contribution in [0.2, 0.25) is 0 Å². The molecule has 0 unspecified atom stereocenters. The fourth-order valence-corrected chi connectivity index (χ4v) is 4.35. The molecule has 1 aliphatic carbocycles. The zero-order chi connectivity index (χ0) is 20.3. The van der Waals surface area contributed by atoms with Gasteiger partial charge in [0, 0.05) is 13.1 Å². The molecule has 1 aromatic carbocycles. The summed E-state index contributed by atoms with van der Waals surface area (Å²) in [6.07, 6.45) is 4.40. The highest BCUT2D eigenvalue weighted by Gasteiger charge is 2.55. The lowest BCUT2D eigenvalue weighted by Gasteiger charge is -2.36. The number of carbonyl (C=O) groups is 3. The Morgan fingerprint density at radius 1 is 1.25 bits per heavy atom. The van der Waals surface area contributed by atoms with Crippen molar-refractivity contribution in [3.8, 4) is 0 Å². The van der Waals surface area contributed by atoms with Gasteiger partial charge in [0.05, 0.1) is 0 Å². The molecule has 2 atom stereocenters. The molecule has 6 heteroatoms. The van der Waals surface area contributed by atoms with Gasteiger partial charge in [-0.1, -0.05) is 56.5 Å². The average molecular weight is 386 g/mol. The number of hydrogen-bond acceptors (Lipinski definition) is 3. The van der Waals surface area contributed by atoms with E-state index in [1.807, 2.05) is 45.0 Å². The van der Waals surface area contributed by atoms with E-state index in [2.05, 4.69) is 5.32 Å². The SMILES string of the molecule is CCCN(Cc1ccc(C)cc1)C(=O)CN1C(=O)N[C@]2(CCCC[C@H]2C)C1=O. The van der Waals surface area contributed by atoms with Crippen molar-refractivity contribution in [1.82, 2.24) is 15.1 Å². The molecule has 152 valence electrons. The molecule has 1 spiro atoms. The first-order valence-electron chi connectivity index (χ1n) is 10.3. The molecule has 3 rings (SSSR count). The second-order valence-corrected chi connectivity index (χ2v) is 8.24. The van der Waals surface area contributed by atoms with E-state index in [0.29, 0.717) is 19.5 Å². The van der Waals surface area contributed by atoms with Gasteiger partial charge in [0.15, 0.2) is 0 Å². The Morgan fingerprint density at radius 3 is 2.61 bits per heavy atom. The van der Waals surface area contributed by atoms with Crippen LogP contribution in [0, 0.1) is 12.8 Å². The summed E-state index contributed by atoms with van der Waals surface area (Å²) in [6, 6.07) is 7.64. The topological polar surface area (TPSA) is 69.7 Å². The van der Waals surface area contributed by atoms with Crippen LogP contribution < -0.4 is 5.32 Å². The Hall–Kier alpha value is -2.37. The number of benzene rings is 1. The molecular weight excluding hydrogens is 354 g/mol. The zero-order valence-corrected chi connectivity index (χ0v) is 17.2. The van der Waals surface area contributed by atoms with Crippen molar-refractivity contribution in [3.05, 3.63) is 35.4 Å². The molecule has 6 nitrogen and oxygen atoms in total. The number of urea groups is 1. The Balaban J connectivity index is 1.71. The minimum absolute atomic E-state index is 0.0945. The van der Waals surface area contributed by atoms with Crippen LogP contribution in [0.15, 0.2) is 24.3 Å². The summed E-state index contributed by atoms with van der Waals surface area (Å²) >= 11 is 0. The number of carbonyl (C=O) groups excluding carboxylic acids is 3. The molecule has 2 fully saturated rings. The lowest BCUT2D eigenvalue weighted by molar-refractivity contribution is -0.140. The predicted molar refractivity (Wildman–Crippen MR) is 107 cm³/mol. The third-order valence-electron chi connectivity index (χ3n) is 6.14. The molecule has 1 saturated heterocycles. The third kappa shape index (κ3) is 3.91. The number of aryl methyl sites for hydroxylation is 1. The Morgan fingerprint density at radius 2 is 1.96 bits per heavy atom. The molecule has 1 saturated carbocycles. The van der Waals surface area contributed by atoms with Gasteiger partial charge in [-0.2, -0.15) is 0 Å². The van der Waals surface area contributed by atoms with Gasteiger partial charge < -0.3 is 10.2 Å². The van der Waals surface area contributed by atoms with Crippen LogP contribution in [-0.4, -0.2) is 46.3 Å². The number of nitrogens with one attached hydrogen (secondary N) is 1. The van der Waals surface area contributed by atoms with Gasteiger partial charge >= 0.3 is 6.03 Å². The van der Waals surface area contributed by atoms with Crippen LogP contribution in [-0.2, 0) is 16.1 Å². The highest BCUT2D eigenvalue weighted by atomic mass is 16.2. The summed E-state index contributed by atoms with van der Waals surface area (Å²) in [5, 5.41) is 2.92. The fraction of sp³-hybridized carbons (Fsp3) is 0.591. The van der Waals surface area contributed by atoms with Gasteiger partial charge in [-0.15, -0.1) is 0 Å². The Bertz CT molecular complexity index is 746. The van der Waals surface area contributed by atoms with Crippen molar-refractivity contribution >= 4 is 17.8 Å². The van der Waals surface area contributed by atoms with Gasteiger partial charge in [0.2, 0.25) is 5.91 Å². The number of amides is 4. The van der Waals surface area contributed by atoms with Gasteiger partial charge in [-0.05, 0) is 37.7 Å². The van der Waals surface area contributed by atoms with E-state index in [1.54, 1.807) is 4.90 Å². The molecule has 1 aromatic rings. The van der Waals surface area contributed by atoms with E-state index in [4.69, 9.17) is 0 Å². The maximum absolute atomic E-state index is 13.1. The van der Waals surface area contributed by atoms with Crippen LogP contribution in [0.5, 0.6) is 0 Å². The summed E-state index contributed by atoms with van der Waals surface area (Å²) in [5.41, 5.74) is 1.40. The molecule has 4 amide bonds. The van der Waals surface area contributed by atoms with Crippen molar-refractivity contribution in [2.24, 2.45) is 5.92 Å². The average Bonchev–Trinajstić information content (AvgIpc) is 2.90. The second kappa shape index (κ2) is 8.33. The summed E-state index contributed by atoms with van der Waals surface area (Å²) in [6.45, 7) is 6.95. The van der Waals surface area contributed by atoms with Gasteiger partial charge in [0.25, 0.3) is 5.91 Å². The number of hydrogen-bond donors (Lipinski definition) is 1. The van der Waals surface area contributed by atoms with Crippen molar-refractivity contribution in [2.45, 2.75) is 65.0 Å². The van der Waals surface area contributed by atoms with Gasteiger partial charge in [-0.25, -0.2) is 4.79 Å². The van der Waals surface area contributed by atoms with Crippen LogP contribution >= 0.6 is 0 Å². The first-order valence-corrected chi connectivity index (χ1v) is 10.3. The second-order valence-electron chi connectivity index (χ2n) is 8.24. The summed E-state index contributed by atoms with van der Waals surface area (Å²) in [7, 11) is 0. The predicted octanol–water partition coefficient (Wildman–Crippen LogP) is 3.23. The van der Waals surface area contributed by atoms with Crippen LogP contribution in [0.3, 0.4) is 0 Å². The minimum atomic E-state index is -0.817. The number of rotatable bonds is 6. The van der Waals surface area contributed by atoms with Crippen LogP contribution in [0.25, 0.3) is 0 Å². The number of imide groups is 1. The first kappa shape index (κ1) is 20.4. The minimum Gasteiger partial charge on any atom is -0.337 e. The Labute approximate surface area is 167 Å². The van der Waals surface area contributed by atoms with Crippen molar-refractivity contribution in [3.63, 3.8) is 0 Å². The van der Waals surface area contributed by atoms with E-state index in [0.717, 1.165) is 36.1 Å². The molecule has 1 heterocycles. The van der Waals surface area contributed by atoms with Gasteiger partial charge in [-0.3, -0.25) is 14.5 Å². The highest BCUT2D eigenvalue weighted by molar-refractivity contribution is 6.09. The van der Waals surface area contributed by atoms with E-state index >= 15 is 0 Å². The van der Waals surface area contributed by atoms with Crippen molar-refractivity contribution in [1.29, 1.82) is 0 Å². The van der Waals surface area contributed by atoms with E-state index < -0.39 is 11.6 Å². The molecule has 0 aromatic heterocycles. The van der Waals surface area contributed by atoms with Crippen molar-refractivity contribution < 1.29 is 14.4 Å². The van der Waals surface area contributed by atoms with Crippen LogP contribution in [0.4, 0.5) is 4.79 Å². The monoisotopic (exact) mass is 385 g/mol. The molecular formula is C22H31N3O3. The third-order valence-corrected chi connectivity index (χ3v) is 6.14. The number of nitrogens with zero attached hydrogens (tertiary/aromatic N) is 2. The summed E-state index contributed by atoms with van der Waals surface area (Å²) in [4.78, 5) is 41.4.